The molecule has 1 aromatic rings. The Kier molecular flexibility index (Phi) is 5.61. The summed E-state index contributed by atoms with van der Waals surface area (Å²) >= 11 is 0. The molecule has 0 heterocycles. The Balaban J connectivity index is 2.03. The van der Waals surface area contributed by atoms with E-state index in [2.05, 4.69) is 4.72 Å². The summed E-state index contributed by atoms with van der Waals surface area (Å²) in [7, 11) is -3.33. The lowest BCUT2D eigenvalue weighted by molar-refractivity contribution is 0.443. The van der Waals surface area contributed by atoms with Gasteiger partial charge in [-0.25, -0.2) is 13.1 Å². The first-order valence-electron chi connectivity index (χ1n) is 7.73. The lowest BCUT2D eigenvalue weighted by Gasteiger charge is -2.22. The summed E-state index contributed by atoms with van der Waals surface area (Å²) in [6.45, 7) is 2.57. The van der Waals surface area contributed by atoms with Crippen LogP contribution in [-0.4, -0.2) is 15.0 Å². The molecule has 0 spiro atoms. The van der Waals surface area contributed by atoms with Crippen molar-refractivity contribution < 1.29 is 8.42 Å². The van der Waals surface area contributed by atoms with Crippen LogP contribution in [0.1, 0.15) is 63.4 Å². The van der Waals surface area contributed by atoms with Gasteiger partial charge in [0.25, 0.3) is 0 Å². The monoisotopic (exact) mass is 295 g/mol. The Morgan fingerprint density at radius 2 is 1.75 bits per heavy atom. The fraction of sp³-hybridized carbons (Fsp3) is 0.625. The van der Waals surface area contributed by atoms with Gasteiger partial charge in [0.05, 0.1) is 4.90 Å². The van der Waals surface area contributed by atoms with E-state index < -0.39 is 10.0 Å². The molecule has 4 heteroatoms. The van der Waals surface area contributed by atoms with Gasteiger partial charge in [0.1, 0.15) is 0 Å². The second-order valence-corrected chi connectivity index (χ2v) is 7.42. The molecule has 2 rings (SSSR count). The minimum absolute atomic E-state index is 0.383. The maximum Gasteiger partial charge on any atom is 0.240 e. The molecule has 0 unspecified atom stereocenters. The molecular formula is C16H25NO2S. The number of nitrogens with one attached hydrogen (secondary N) is 1. The lowest BCUT2D eigenvalue weighted by Crippen LogP contribution is -2.24. The fourth-order valence-electron chi connectivity index (χ4n) is 2.82. The first-order chi connectivity index (χ1) is 9.63. The standard InChI is InChI=1S/C16H25NO2S/c1-2-3-13-17-20(18,19)16-11-9-15(10-12-16)14-7-5-4-6-8-14/h9-12,14,17H,2-8,13H2,1H3. The van der Waals surface area contributed by atoms with Crippen molar-refractivity contribution in [3.8, 4) is 0 Å². The maximum atomic E-state index is 12.1. The third-order valence-electron chi connectivity index (χ3n) is 4.09. The molecule has 0 atom stereocenters. The minimum atomic E-state index is -3.33. The van der Waals surface area contributed by atoms with E-state index in [0.29, 0.717) is 17.4 Å². The van der Waals surface area contributed by atoms with Gasteiger partial charge in [0.2, 0.25) is 10.0 Å². The highest BCUT2D eigenvalue weighted by molar-refractivity contribution is 7.89. The predicted molar refractivity (Wildman–Crippen MR) is 82.4 cm³/mol. The van der Waals surface area contributed by atoms with Crippen molar-refractivity contribution in [2.45, 2.75) is 62.7 Å². The van der Waals surface area contributed by atoms with E-state index in [4.69, 9.17) is 0 Å². The summed E-state index contributed by atoms with van der Waals surface area (Å²) in [5, 5.41) is 0. The van der Waals surface area contributed by atoms with E-state index in [1.54, 1.807) is 12.1 Å². The number of benzene rings is 1. The highest BCUT2D eigenvalue weighted by atomic mass is 32.2. The fourth-order valence-corrected chi connectivity index (χ4v) is 3.90. The quantitative estimate of drug-likeness (QED) is 0.811. The van der Waals surface area contributed by atoms with Crippen LogP contribution in [-0.2, 0) is 10.0 Å². The molecule has 1 N–H and O–H groups in total. The van der Waals surface area contributed by atoms with Crippen molar-refractivity contribution >= 4 is 10.0 Å². The smallest absolute Gasteiger partial charge is 0.211 e. The predicted octanol–water partition coefficient (Wildman–Crippen LogP) is 3.81. The van der Waals surface area contributed by atoms with Gasteiger partial charge in [-0.1, -0.05) is 44.7 Å². The molecule has 0 bridgehead atoms. The molecule has 0 aliphatic heterocycles. The van der Waals surface area contributed by atoms with Crippen molar-refractivity contribution in [3.05, 3.63) is 29.8 Å². The van der Waals surface area contributed by atoms with E-state index in [0.717, 1.165) is 12.8 Å². The minimum Gasteiger partial charge on any atom is -0.211 e. The number of rotatable bonds is 6. The zero-order valence-corrected chi connectivity index (χ0v) is 13.1. The zero-order chi connectivity index (χ0) is 14.4. The third kappa shape index (κ3) is 4.06. The van der Waals surface area contributed by atoms with Gasteiger partial charge in [-0.2, -0.15) is 0 Å². The van der Waals surface area contributed by atoms with Crippen LogP contribution in [0.15, 0.2) is 29.2 Å². The van der Waals surface area contributed by atoms with Crippen molar-refractivity contribution in [1.82, 2.24) is 4.72 Å². The van der Waals surface area contributed by atoms with E-state index in [9.17, 15) is 8.42 Å². The van der Waals surface area contributed by atoms with Gasteiger partial charge < -0.3 is 0 Å². The average Bonchev–Trinajstić information content (AvgIpc) is 2.48. The van der Waals surface area contributed by atoms with Crippen LogP contribution in [0, 0.1) is 0 Å². The van der Waals surface area contributed by atoms with Gasteiger partial charge >= 0.3 is 0 Å². The maximum absolute atomic E-state index is 12.1. The number of unbranched alkanes of at least 4 members (excludes halogenated alkanes) is 1. The van der Waals surface area contributed by atoms with Crippen LogP contribution in [0.5, 0.6) is 0 Å². The Hall–Kier alpha value is -0.870. The van der Waals surface area contributed by atoms with E-state index in [1.165, 1.54) is 37.7 Å². The summed E-state index contributed by atoms with van der Waals surface area (Å²) in [6, 6.07) is 7.48. The van der Waals surface area contributed by atoms with Gasteiger partial charge in [-0.05, 0) is 42.9 Å². The van der Waals surface area contributed by atoms with Crippen molar-refractivity contribution in [1.29, 1.82) is 0 Å². The van der Waals surface area contributed by atoms with E-state index in [-0.39, 0.29) is 0 Å². The second kappa shape index (κ2) is 7.23. The summed E-state index contributed by atoms with van der Waals surface area (Å²) in [4.78, 5) is 0.383. The molecule has 1 fully saturated rings. The number of hydrogen-bond acceptors (Lipinski definition) is 2. The second-order valence-electron chi connectivity index (χ2n) is 5.66. The largest absolute Gasteiger partial charge is 0.240 e. The lowest BCUT2D eigenvalue weighted by atomic mass is 9.84. The van der Waals surface area contributed by atoms with Crippen LogP contribution < -0.4 is 4.72 Å². The molecule has 0 amide bonds. The summed E-state index contributed by atoms with van der Waals surface area (Å²) < 4.78 is 26.8. The Morgan fingerprint density at radius 1 is 1.10 bits per heavy atom. The first-order valence-corrected chi connectivity index (χ1v) is 9.21. The average molecular weight is 295 g/mol. The van der Waals surface area contributed by atoms with Crippen LogP contribution in [0.2, 0.25) is 0 Å². The molecule has 0 saturated heterocycles. The van der Waals surface area contributed by atoms with E-state index >= 15 is 0 Å². The Morgan fingerprint density at radius 3 is 2.35 bits per heavy atom. The molecule has 112 valence electrons. The van der Waals surface area contributed by atoms with Crippen LogP contribution in [0.4, 0.5) is 0 Å². The molecule has 1 aromatic carbocycles. The molecule has 0 radical (unpaired) electrons. The first kappa shape index (κ1) is 15.5. The highest BCUT2D eigenvalue weighted by Gasteiger charge is 2.17. The Bertz CT molecular complexity index is 502. The van der Waals surface area contributed by atoms with Gasteiger partial charge in [-0.15, -0.1) is 0 Å². The summed E-state index contributed by atoms with van der Waals surface area (Å²) in [6.07, 6.45) is 8.26. The number of sulfonamides is 1. The van der Waals surface area contributed by atoms with Gasteiger partial charge in [0.15, 0.2) is 0 Å². The SMILES string of the molecule is CCCCNS(=O)(=O)c1ccc(C2CCCCC2)cc1. The molecule has 0 aromatic heterocycles. The molecule has 1 saturated carbocycles. The normalized spacial score (nSPS) is 17.2. The van der Waals surface area contributed by atoms with Crippen molar-refractivity contribution in [3.63, 3.8) is 0 Å². The Labute approximate surface area is 122 Å². The summed E-state index contributed by atoms with van der Waals surface area (Å²) in [5.41, 5.74) is 1.29. The van der Waals surface area contributed by atoms with Gasteiger partial charge in [0, 0.05) is 6.54 Å². The van der Waals surface area contributed by atoms with Crippen LogP contribution in [0.25, 0.3) is 0 Å². The molecule has 3 nitrogen and oxygen atoms in total. The van der Waals surface area contributed by atoms with E-state index in [1.807, 2.05) is 19.1 Å². The molecule has 20 heavy (non-hydrogen) atoms. The molecule has 1 aliphatic rings. The van der Waals surface area contributed by atoms with Crippen LogP contribution >= 0.6 is 0 Å². The topological polar surface area (TPSA) is 46.2 Å². The van der Waals surface area contributed by atoms with Gasteiger partial charge in [-0.3, -0.25) is 0 Å². The molecule has 1 aliphatic carbocycles. The molecular weight excluding hydrogens is 270 g/mol. The van der Waals surface area contributed by atoms with Crippen molar-refractivity contribution in [2.24, 2.45) is 0 Å². The van der Waals surface area contributed by atoms with Crippen molar-refractivity contribution in [2.75, 3.05) is 6.54 Å². The third-order valence-corrected chi connectivity index (χ3v) is 5.57. The van der Waals surface area contributed by atoms with Crippen LogP contribution in [0.3, 0.4) is 0 Å². The number of hydrogen-bond donors (Lipinski definition) is 1. The summed E-state index contributed by atoms with van der Waals surface area (Å²) in [5.74, 6) is 0.619. The zero-order valence-electron chi connectivity index (χ0n) is 12.3. The highest BCUT2D eigenvalue weighted by Crippen LogP contribution is 2.32.